The number of aromatic nitrogens is 2. The van der Waals surface area contributed by atoms with Crippen LogP contribution in [0, 0.1) is 0 Å². The number of nitrogens with zero attached hydrogens (tertiary/aromatic N) is 4. The molecule has 1 N–H and O–H groups in total. The minimum atomic E-state index is -3.61. The lowest BCUT2D eigenvalue weighted by atomic mass is 10.2. The van der Waals surface area contributed by atoms with E-state index in [1.807, 2.05) is 30.3 Å². The molecule has 0 radical (unpaired) electrons. The highest BCUT2D eigenvalue weighted by Gasteiger charge is 2.31. The van der Waals surface area contributed by atoms with Crippen LogP contribution >= 0.6 is 0 Å². The number of carbonyl (C=O) groups excluding carboxylic acids is 1. The molecule has 1 unspecified atom stereocenters. The van der Waals surface area contributed by atoms with Crippen LogP contribution < -0.4 is 4.72 Å². The molecule has 1 aromatic carbocycles. The molecule has 0 aliphatic carbocycles. The number of benzene rings is 1. The van der Waals surface area contributed by atoms with Gasteiger partial charge in [-0.25, -0.2) is 17.8 Å². The number of sulfonamides is 1. The predicted molar refractivity (Wildman–Crippen MR) is 107 cm³/mol. The number of hydrogen-bond acceptors (Lipinski definition) is 5. The summed E-state index contributed by atoms with van der Waals surface area (Å²) in [4.78, 5) is 16.1. The lowest BCUT2D eigenvalue weighted by Crippen LogP contribution is -2.43. The molecule has 3 rings (SSSR count). The first-order chi connectivity index (χ1) is 13.4. The Morgan fingerprint density at radius 3 is 2.75 bits per heavy atom. The third-order valence-electron chi connectivity index (χ3n) is 4.89. The van der Waals surface area contributed by atoms with Gasteiger partial charge in [0.15, 0.2) is 0 Å². The Bertz CT molecular complexity index is 895. The fourth-order valence-electron chi connectivity index (χ4n) is 3.41. The molecule has 1 aliphatic heterocycles. The normalized spacial score (nSPS) is 17.7. The smallest absolute Gasteiger partial charge is 0.243 e. The maximum atomic E-state index is 12.5. The Labute approximate surface area is 166 Å². The van der Waals surface area contributed by atoms with Crippen molar-refractivity contribution in [3.8, 4) is 5.69 Å². The summed E-state index contributed by atoms with van der Waals surface area (Å²) >= 11 is 0. The monoisotopic (exact) mass is 405 g/mol. The van der Waals surface area contributed by atoms with Crippen LogP contribution in [0.1, 0.15) is 19.3 Å². The molecule has 1 aliphatic rings. The van der Waals surface area contributed by atoms with E-state index in [9.17, 15) is 13.2 Å². The second-order valence-electron chi connectivity index (χ2n) is 7.13. The zero-order chi connectivity index (χ0) is 20.1. The van der Waals surface area contributed by atoms with Crippen molar-refractivity contribution in [1.29, 1.82) is 0 Å². The van der Waals surface area contributed by atoms with Crippen molar-refractivity contribution in [3.05, 3.63) is 42.7 Å². The number of hydrogen-bond donors (Lipinski definition) is 1. The van der Waals surface area contributed by atoms with Gasteiger partial charge in [0.2, 0.25) is 15.9 Å². The van der Waals surface area contributed by atoms with Gasteiger partial charge in [0.05, 0.1) is 24.1 Å². The van der Waals surface area contributed by atoms with Crippen molar-refractivity contribution in [2.75, 3.05) is 33.7 Å². The average Bonchev–Trinajstić information content (AvgIpc) is 3.35. The molecule has 1 amide bonds. The van der Waals surface area contributed by atoms with Crippen molar-refractivity contribution in [3.63, 3.8) is 0 Å². The molecule has 2 heterocycles. The zero-order valence-electron chi connectivity index (χ0n) is 16.3. The molecule has 0 saturated carbocycles. The summed E-state index contributed by atoms with van der Waals surface area (Å²) in [5.74, 6) is 0.117. The molecule has 9 heteroatoms. The van der Waals surface area contributed by atoms with Crippen molar-refractivity contribution in [2.45, 2.75) is 30.2 Å². The van der Waals surface area contributed by atoms with E-state index in [1.54, 1.807) is 19.0 Å². The number of carbonyl (C=O) groups is 1. The molecule has 1 atom stereocenters. The lowest BCUT2D eigenvalue weighted by Gasteiger charge is -2.25. The van der Waals surface area contributed by atoms with Crippen molar-refractivity contribution in [1.82, 2.24) is 24.3 Å². The zero-order valence-corrected chi connectivity index (χ0v) is 17.1. The van der Waals surface area contributed by atoms with Crippen molar-refractivity contribution >= 4 is 15.9 Å². The Kier molecular flexibility index (Phi) is 6.48. The maximum Gasteiger partial charge on any atom is 0.243 e. The highest BCUT2D eigenvalue weighted by molar-refractivity contribution is 7.89. The number of likely N-dealkylation sites (N-methyl/N-ethyl adjacent to an activating group) is 1. The number of amides is 1. The Balaban J connectivity index is 1.52. The van der Waals surface area contributed by atoms with E-state index >= 15 is 0 Å². The van der Waals surface area contributed by atoms with Crippen LogP contribution in [0.5, 0.6) is 0 Å². The van der Waals surface area contributed by atoms with Crippen LogP contribution in [0.2, 0.25) is 0 Å². The third-order valence-corrected chi connectivity index (χ3v) is 6.31. The van der Waals surface area contributed by atoms with Gasteiger partial charge in [-0.15, -0.1) is 0 Å². The summed E-state index contributed by atoms with van der Waals surface area (Å²) in [6.45, 7) is 1.88. The van der Waals surface area contributed by atoms with Crippen LogP contribution in [0.3, 0.4) is 0 Å². The van der Waals surface area contributed by atoms with E-state index in [0.717, 1.165) is 25.1 Å². The summed E-state index contributed by atoms with van der Waals surface area (Å²) < 4.78 is 29.2. The largest absolute Gasteiger partial charge is 0.347 e. The summed E-state index contributed by atoms with van der Waals surface area (Å²) in [6.07, 6.45) is 5.35. The summed E-state index contributed by atoms with van der Waals surface area (Å²) in [5, 5.41) is 4.14. The van der Waals surface area contributed by atoms with Gasteiger partial charge in [-0.05, 0) is 37.9 Å². The number of nitrogens with one attached hydrogen (secondary N) is 1. The van der Waals surface area contributed by atoms with Gasteiger partial charge in [-0.2, -0.15) is 5.10 Å². The molecule has 0 spiro atoms. The van der Waals surface area contributed by atoms with Crippen molar-refractivity contribution < 1.29 is 13.2 Å². The van der Waals surface area contributed by atoms with Crippen LogP contribution in [-0.2, 0) is 14.8 Å². The Hall–Kier alpha value is -2.23. The predicted octanol–water partition coefficient (Wildman–Crippen LogP) is 1.09. The van der Waals surface area contributed by atoms with E-state index in [-0.39, 0.29) is 16.8 Å². The van der Waals surface area contributed by atoms with Crippen LogP contribution in [0.15, 0.2) is 47.6 Å². The van der Waals surface area contributed by atoms with Gasteiger partial charge in [-0.1, -0.05) is 18.2 Å². The number of rotatable bonds is 8. The van der Waals surface area contributed by atoms with Gasteiger partial charge < -0.3 is 4.90 Å². The first kappa shape index (κ1) is 20.5. The average molecular weight is 406 g/mol. The van der Waals surface area contributed by atoms with E-state index < -0.39 is 10.0 Å². The van der Waals surface area contributed by atoms with Crippen molar-refractivity contribution in [2.24, 2.45) is 0 Å². The van der Waals surface area contributed by atoms with Crippen LogP contribution in [-0.4, -0.2) is 73.7 Å². The maximum absolute atomic E-state index is 12.5. The summed E-state index contributed by atoms with van der Waals surface area (Å²) in [6, 6.07) is 9.27. The van der Waals surface area contributed by atoms with Crippen LogP contribution in [0.25, 0.3) is 5.69 Å². The molecule has 1 fully saturated rings. The molecule has 1 aromatic heterocycles. The SMILES string of the molecule is CN(C)C(=O)C1CCCN1CCCNS(=O)(=O)c1cnn(-c2ccccc2)c1. The molecule has 1 saturated heterocycles. The fraction of sp³-hybridized carbons (Fsp3) is 0.474. The van der Waals surface area contributed by atoms with Gasteiger partial charge in [0, 0.05) is 27.2 Å². The van der Waals surface area contributed by atoms with Gasteiger partial charge >= 0.3 is 0 Å². The second-order valence-corrected chi connectivity index (χ2v) is 8.90. The first-order valence-corrected chi connectivity index (χ1v) is 10.9. The molecular formula is C19H27N5O3S. The second kappa shape index (κ2) is 8.85. The van der Waals surface area contributed by atoms with Gasteiger partial charge in [0.25, 0.3) is 0 Å². The van der Waals surface area contributed by atoms with E-state index in [4.69, 9.17) is 0 Å². The van der Waals surface area contributed by atoms with Gasteiger partial charge in [0.1, 0.15) is 4.90 Å². The molecule has 8 nitrogen and oxygen atoms in total. The topological polar surface area (TPSA) is 87.5 Å². The molecule has 2 aromatic rings. The standard InChI is InChI=1S/C19H27N5O3S/c1-22(2)19(25)18-10-6-12-23(18)13-7-11-21-28(26,27)17-14-20-24(15-17)16-8-4-3-5-9-16/h3-5,8-9,14-15,18,21H,6-7,10-13H2,1-2H3. The van der Waals surface area contributed by atoms with Gasteiger partial charge in [-0.3, -0.25) is 9.69 Å². The summed E-state index contributed by atoms with van der Waals surface area (Å²) in [5.41, 5.74) is 0.801. The van der Waals surface area contributed by atoms with E-state index in [0.29, 0.717) is 19.5 Å². The van der Waals surface area contributed by atoms with E-state index in [1.165, 1.54) is 17.1 Å². The quantitative estimate of drug-likeness (QED) is 0.665. The molecule has 0 bridgehead atoms. The Morgan fingerprint density at radius 2 is 2.04 bits per heavy atom. The fourth-order valence-corrected chi connectivity index (χ4v) is 4.41. The highest BCUT2D eigenvalue weighted by Crippen LogP contribution is 2.19. The first-order valence-electron chi connectivity index (χ1n) is 9.43. The molecule has 28 heavy (non-hydrogen) atoms. The number of para-hydroxylation sites is 1. The molecular weight excluding hydrogens is 378 g/mol. The number of likely N-dealkylation sites (tertiary alicyclic amines) is 1. The molecule has 152 valence electrons. The minimum absolute atomic E-state index is 0.0873. The minimum Gasteiger partial charge on any atom is -0.347 e. The Morgan fingerprint density at radius 1 is 1.29 bits per heavy atom. The van der Waals surface area contributed by atoms with Crippen LogP contribution in [0.4, 0.5) is 0 Å². The highest BCUT2D eigenvalue weighted by atomic mass is 32.2. The third kappa shape index (κ3) is 4.78. The summed E-state index contributed by atoms with van der Waals surface area (Å²) in [7, 11) is -0.0806. The lowest BCUT2D eigenvalue weighted by molar-refractivity contribution is -0.133. The van der Waals surface area contributed by atoms with E-state index in [2.05, 4.69) is 14.7 Å².